The molecule has 4 aliphatic carbocycles. The largest absolute Gasteiger partial charge is 0.338 e. The van der Waals surface area contributed by atoms with E-state index in [1.165, 1.54) is 19.3 Å². The van der Waals surface area contributed by atoms with E-state index in [0.717, 1.165) is 54.6 Å². The number of urea groups is 1. The molecule has 2 aromatic rings. The molecule has 5 fully saturated rings. The van der Waals surface area contributed by atoms with Crippen molar-refractivity contribution in [3.8, 4) is 11.1 Å². The number of amides is 2. The summed E-state index contributed by atoms with van der Waals surface area (Å²) in [7, 11) is -3.54. The highest BCUT2D eigenvalue weighted by Gasteiger charge is 2.51. The van der Waals surface area contributed by atoms with Crippen LogP contribution in [0.15, 0.2) is 59.5 Å². The molecule has 1 saturated heterocycles. The first kappa shape index (κ1) is 23.0. The van der Waals surface area contributed by atoms with Gasteiger partial charge in [0.1, 0.15) is 0 Å². The first-order valence-corrected chi connectivity index (χ1v) is 14.5. The molecular formula is C28H35N3O3S. The van der Waals surface area contributed by atoms with Crippen LogP contribution in [0.2, 0.25) is 0 Å². The molecule has 1 heterocycles. The molecule has 35 heavy (non-hydrogen) atoms. The van der Waals surface area contributed by atoms with Gasteiger partial charge in [-0.2, -0.15) is 4.31 Å². The molecule has 7 rings (SSSR count). The maximum absolute atomic E-state index is 13.2. The van der Waals surface area contributed by atoms with E-state index in [2.05, 4.69) is 10.6 Å². The number of hydrogen-bond donors (Lipinski definition) is 2. The molecule has 1 aliphatic heterocycles. The first-order chi connectivity index (χ1) is 16.9. The van der Waals surface area contributed by atoms with Crippen molar-refractivity contribution >= 4 is 16.1 Å². The lowest BCUT2D eigenvalue weighted by Crippen LogP contribution is -2.61. The molecule has 4 bridgehead atoms. The van der Waals surface area contributed by atoms with Gasteiger partial charge in [-0.25, -0.2) is 13.2 Å². The van der Waals surface area contributed by atoms with Gasteiger partial charge in [-0.1, -0.05) is 42.5 Å². The third kappa shape index (κ3) is 4.60. The number of sulfonamides is 1. The lowest BCUT2D eigenvalue weighted by molar-refractivity contribution is -0.0135. The third-order valence-corrected chi connectivity index (χ3v) is 10.7. The summed E-state index contributed by atoms with van der Waals surface area (Å²) in [5.41, 5.74) is 2.06. The fourth-order valence-corrected chi connectivity index (χ4v) is 9.10. The second kappa shape index (κ2) is 8.93. The summed E-state index contributed by atoms with van der Waals surface area (Å²) in [4.78, 5) is 13.1. The van der Waals surface area contributed by atoms with Gasteiger partial charge in [0.15, 0.2) is 0 Å². The molecule has 2 amide bonds. The van der Waals surface area contributed by atoms with Crippen LogP contribution in [0, 0.1) is 23.7 Å². The van der Waals surface area contributed by atoms with Gasteiger partial charge in [-0.05, 0) is 91.9 Å². The Bertz CT molecular complexity index is 1140. The highest BCUT2D eigenvalue weighted by molar-refractivity contribution is 7.89. The van der Waals surface area contributed by atoms with Gasteiger partial charge < -0.3 is 10.6 Å². The zero-order valence-corrected chi connectivity index (χ0v) is 21.0. The zero-order chi connectivity index (χ0) is 24.0. The van der Waals surface area contributed by atoms with E-state index in [1.54, 1.807) is 16.4 Å². The van der Waals surface area contributed by atoms with Crippen molar-refractivity contribution in [2.45, 2.75) is 55.4 Å². The number of carbonyl (C=O) groups is 1. The fraction of sp³-hybridized carbons (Fsp3) is 0.536. The summed E-state index contributed by atoms with van der Waals surface area (Å²) in [6.07, 6.45) is 8.21. The van der Waals surface area contributed by atoms with E-state index in [9.17, 15) is 13.2 Å². The van der Waals surface area contributed by atoms with E-state index in [-0.39, 0.29) is 17.5 Å². The highest BCUT2D eigenvalue weighted by atomic mass is 32.2. The molecule has 6 nitrogen and oxygen atoms in total. The maximum atomic E-state index is 13.2. The van der Waals surface area contributed by atoms with Crippen LogP contribution in [0.25, 0.3) is 11.1 Å². The van der Waals surface area contributed by atoms with Gasteiger partial charge in [0.25, 0.3) is 0 Å². The van der Waals surface area contributed by atoms with Gasteiger partial charge in [0, 0.05) is 25.2 Å². The summed E-state index contributed by atoms with van der Waals surface area (Å²) >= 11 is 0. The molecule has 4 saturated carbocycles. The number of nitrogens with one attached hydrogen (secondary N) is 2. The molecule has 1 atom stereocenters. The van der Waals surface area contributed by atoms with E-state index in [1.807, 2.05) is 42.5 Å². The number of rotatable bonds is 6. The minimum Gasteiger partial charge on any atom is -0.338 e. The number of benzene rings is 2. The molecule has 7 heteroatoms. The van der Waals surface area contributed by atoms with Crippen LogP contribution in [0.4, 0.5) is 4.79 Å². The SMILES string of the molecule is O=C(NCC1CCN(S(=O)(=O)c2ccc(-c3ccccc3)cc2)C1)NC12CC3CC(CC(C3)C1)C2. The maximum Gasteiger partial charge on any atom is 0.315 e. The molecule has 2 N–H and O–H groups in total. The second-order valence-electron chi connectivity index (χ2n) is 11.4. The summed E-state index contributed by atoms with van der Waals surface area (Å²) < 4.78 is 28.0. The minimum absolute atomic E-state index is 0.00417. The van der Waals surface area contributed by atoms with Crippen molar-refractivity contribution in [1.29, 1.82) is 0 Å². The molecular weight excluding hydrogens is 458 g/mol. The highest BCUT2D eigenvalue weighted by Crippen LogP contribution is 2.55. The topological polar surface area (TPSA) is 78.5 Å². The van der Waals surface area contributed by atoms with Crippen LogP contribution in [-0.4, -0.2) is 43.9 Å². The summed E-state index contributed by atoms with van der Waals surface area (Å²) in [5.74, 6) is 2.50. The van der Waals surface area contributed by atoms with Crippen molar-refractivity contribution in [2.75, 3.05) is 19.6 Å². The number of hydrogen-bond acceptors (Lipinski definition) is 3. The van der Waals surface area contributed by atoms with Crippen molar-refractivity contribution < 1.29 is 13.2 Å². The first-order valence-electron chi connectivity index (χ1n) is 13.1. The second-order valence-corrected chi connectivity index (χ2v) is 13.4. The zero-order valence-electron chi connectivity index (χ0n) is 20.2. The quantitative estimate of drug-likeness (QED) is 0.616. The molecule has 0 aromatic heterocycles. The van der Waals surface area contributed by atoms with Gasteiger partial charge in [0.05, 0.1) is 4.90 Å². The average molecular weight is 494 g/mol. The molecule has 2 aromatic carbocycles. The Kier molecular flexibility index (Phi) is 5.88. The Morgan fingerprint density at radius 1 is 0.886 bits per heavy atom. The van der Waals surface area contributed by atoms with E-state index in [0.29, 0.717) is 24.5 Å². The van der Waals surface area contributed by atoms with Crippen LogP contribution in [0.5, 0.6) is 0 Å². The molecule has 1 unspecified atom stereocenters. The van der Waals surface area contributed by atoms with Crippen LogP contribution >= 0.6 is 0 Å². The monoisotopic (exact) mass is 493 g/mol. The minimum atomic E-state index is -3.54. The Balaban J connectivity index is 1.03. The fourth-order valence-electron chi connectivity index (χ4n) is 7.57. The Hall–Kier alpha value is -2.38. The van der Waals surface area contributed by atoms with Gasteiger partial charge in [-0.3, -0.25) is 0 Å². The van der Waals surface area contributed by atoms with E-state index in [4.69, 9.17) is 0 Å². The van der Waals surface area contributed by atoms with Crippen molar-refractivity contribution in [1.82, 2.24) is 14.9 Å². The van der Waals surface area contributed by atoms with E-state index < -0.39 is 10.0 Å². The molecule has 0 spiro atoms. The van der Waals surface area contributed by atoms with Gasteiger partial charge >= 0.3 is 6.03 Å². The van der Waals surface area contributed by atoms with Crippen molar-refractivity contribution in [3.05, 3.63) is 54.6 Å². The van der Waals surface area contributed by atoms with Crippen LogP contribution in [-0.2, 0) is 10.0 Å². The predicted molar refractivity (Wildman–Crippen MR) is 136 cm³/mol. The summed E-state index contributed by atoms with van der Waals surface area (Å²) in [6.45, 7) is 1.45. The predicted octanol–water partition coefficient (Wildman–Crippen LogP) is 4.63. The smallest absolute Gasteiger partial charge is 0.315 e. The summed E-state index contributed by atoms with van der Waals surface area (Å²) in [5, 5.41) is 6.42. The van der Waals surface area contributed by atoms with Gasteiger partial charge in [-0.15, -0.1) is 0 Å². The number of nitrogens with zero attached hydrogens (tertiary/aromatic N) is 1. The Morgan fingerprint density at radius 2 is 1.49 bits per heavy atom. The normalized spacial score (nSPS) is 32.0. The van der Waals surface area contributed by atoms with Crippen molar-refractivity contribution in [2.24, 2.45) is 23.7 Å². The molecule has 0 radical (unpaired) electrons. The van der Waals surface area contributed by atoms with E-state index >= 15 is 0 Å². The lowest BCUT2D eigenvalue weighted by Gasteiger charge is -2.56. The standard InChI is InChI=1S/C28H35N3O3S/c32-27(30-28-15-21-12-22(16-28)14-23(13-21)17-28)29-18-20-10-11-31(19-20)35(33,34)26-8-6-25(7-9-26)24-4-2-1-3-5-24/h1-9,20-23H,10-19H2,(H2,29,30,32). The average Bonchev–Trinajstić information content (AvgIpc) is 3.32. The van der Waals surface area contributed by atoms with Gasteiger partial charge in [0.2, 0.25) is 10.0 Å². The molecule has 5 aliphatic rings. The van der Waals surface area contributed by atoms with Crippen LogP contribution in [0.3, 0.4) is 0 Å². The van der Waals surface area contributed by atoms with Crippen LogP contribution < -0.4 is 10.6 Å². The summed E-state index contributed by atoms with van der Waals surface area (Å²) in [6, 6.07) is 17.0. The Labute approximate surface area is 208 Å². The number of carbonyl (C=O) groups excluding carboxylic acids is 1. The lowest BCUT2D eigenvalue weighted by atomic mass is 9.53. The third-order valence-electron chi connectivity index (χ3n) is 8.82. The Morgan fingerprint density at radius 3 is 2.11 bits per heavy atom. The van der Waals surface area contributed by atoms with Crippen molar-refractivity contribution in [3.63, 3.8) is 0 Å². The van der Waals surface area contributed by atoms with Crippen LogP contribution in [0.1, 0.15) is 44.9 Å². The molecule has 186 valence electrons.